The Hall–Kier alpha value is -3.04. The van der Waals surface area contributed by atoms with Gasteiger partial charge in [-0.2, -0.15) is 5.10 Å². The highest BCUT2D eigenvalue weighted by Gasteiger charge is 2.32. The maximum absolute atomic E-state index is 13.0. The van der Waals surface area contributed by atoms with Crippen LogP contribution >= 0.6 is 11.3 Å². The molecule has 1 unspecified atom stereocenters. The lowest BCUT2D eigenvalue weighted by Gasteiger charge is -2.32. The van der Waals surface area contributed by atoms with Crippen molar-refractivity contribution >= 4 is 49.9 Å². The first-order valence-electron chi connectivity index (χ1n) is 10.7. The second kappa shape index (κ2) is 7.58. The first-order chi connectivity index (χ1) is 15.3. The maximum Gasteiger partial charge on any atom is 0.226 e. The zero-order valence-electron chi connectivity index (χ0n) is 17.0. The van der Waals surface area contributed by atoms with Gasteiger partial charge in [-0.15, -0.1) is 11.3 Å². The summed E-state index contributed by atoms with van der Waals surface area (Å²) in [6.45, 7) is 3.41. The van der Waals surface area contributed by atoms with E-state index in [2.05, 4.69) is 36.9 Å². The lowest BCUT2D eigenvalue weighted by Crippen LogP contribution is -2.49. The molecule has 1 amide bonds. The molecular formula is C22H23N7OS. The van der Waals surface area contributed by atoms with Crippen molar-refractivity contribution in [2.75, 3.05) is 31.5 Å². The Labute approximate surface area is 183 Å². The molecule has 0 radical (unpaired) electrons. The summed E-state index contributed by atoms with van der Waals surface area (Å²) >= 11 is 1.71. The van der Waals surface area contributed by atoms with Gasteiger partial charge in [0.15, 0.2) is 0 Å². The molecule has 9 heteroatoms. The van der Waals surface area contributed by atoms with E-state index in [0.717, 1.165) is 78.1 Å². The molecule has 1 saturated heterocycles. The summed E-state index contributed by atoms with van der Waals surface area (Å²) in [6.07, 6.45) is 6.02. The van der Waals surface area contributed by atoms with E-state index in [9.17, 15) is 4.79 Å². The Morgan fingerprint density at radius 1 is 1.23 bits per heavy atom. The van der Waals surface area contributed by atoms with Gasteiger partial charge in [-0.05, 0) is 43.0 Å². The number of thiophene rings is 1. The number of rotatable bonds is 3. The Balaban J connectivity index is 1.30. The van der Waals surface area contributed by atoms with Crippen LogP contribution in [0.25, 0.3) is 21.1 Å². The molecule has 6 rings (SSSR count). The van der Waals surface area contributed by atoms with Crippen LogP contribution in [-0.2, 0) is 17.6 Å². The molecule has 0 spiro atoms. The highest BCUT2D eigenvalue weighted by Crippen LogP contribution is 2.40. The molecule has 4 heterocycles. The van der Waals surface area contributed by atoms with Gasteiger partial charge in [0.05, 0.1) is 17.1 Å². The van der Waals surface area contributed by atoms with Gasteiger partial charge in [-0.1, -0.05) is 0 Å². The average molecular weight is 434 g/mol. The highest BCUT2D eigenvalue weighted by atomic mass is 32.1. The number of piperazine rings is 1. The fraction of sp³-hybridized carbons (Fsp3) is 0.364. The molecule has 1 aliphatic carbocycles. The Morgan fingerprint density at radius 3 is 3.03 bits per heavy atom. The minimum absolute atomic E-state index is 0.0755. The molecule has 158 valence electrons. The number of aromatic nitrogens is 4. The number of hydrogen-bond donors (Lipinski definition) is 3. The van der Waals surface area contributed by atoms with Crippen molar-refractivity contribution < 1.29 is 4.79 Å². The average Bonchev–Trinajstić information content (AvgIpc) is 3.43. The van der Waals surface area contributed by atoms with Gasteiger partial charge in [-0.25, -0.2) is 9.97 Å². The number of fused-ring (bicyclic) bond motifs is 4. The van der Waals surface area contributed by atoms with Gasteiger partial charge >= 0.3 is 0 Å². The highest BCUT2D eigenvalue weighted by molar-refractivity contribution is 7.19. The third-order valence-corrected chi connectivity index (χ3v) is 7.49. The number of aryl methyl sites for hydroxylation is 1. The summed E-state index contributed by atoms with van der Waals surface area (Å²) < 4.78 is 0. The third kappa shape index (κ3) is 3.34. The van der Waals surface area contributed by atoms with Gasteiger partial charge < -0.3 is 15.5 Å². The molecule has 0 saturated carbocycles. The fourth-order valence-electron chi connectivity index (χ4n) is 4.72. The molecule has 1 fully saturated rings. The van der Waals surface area contributed by atoms with Crippen molar-refractivity contribution in [2.24, 2.45) is 5.92 Å². The standard InChI is InChI=1S/C22H23N7OS/c30-22(29-7-5-23-6-8-29)13-1-3-16-18(10-13)31-21-19(16)20(24-12-25-21)27-15-2-4-17-14(9-15)11-26-28-17/h2,4,9,11-13,23H,1,3,5-8,10H2,(H,26,28)(H,24,25,27). The maximum atomic E-state index is 13.0. The van der Waals surface area contributed by atoms with E-state index in [1.165, 1.54) is 10.4 Å². The van der Waals surface area contributed by atoms with Crippen LogP contribution in [0.4, 0.5) is 11.5 Å². The lowest BCUT2D eigenvalue weighted by molar-refractivity contribution is -0.136. The van der Waals surface area contributed by atoms with E-state index in [0.29, 0.717) is 5.91 Å². The van der Waals surface area contributed by atoms with Crippen molar-refractivity contribution in [1.29, 1.82) is 0 Å². The smallest absolute Gasteiger partial charge is 0.226 e. The van der Waals surface area contributed by atoms with E-state index < -0.39 is 0 Å². The van der Waals surface area contributed by atoms with Crippen molar-refractivity contribution in [3.8, 4) is 0 Å². The molecule has 1 aliphatic heterocycles. The van der Waals surface area contributed by atoms with Crippen LogP contribution in [0.15, 0.2) is 30.7 Å². The number of nitrogens with one attached hydrogen (secondary N) is 3. The number of amides is 1. The zero-order valence-corrected chi connectivity index (χ0v) is 17.8. The lowest BCUT2D eigenvalue weighted by atomic mass is 9.86. The number of carbonyl (C=O) groups is 1. The monoisotopic (exact) mass is 433 g/mol. The van der Waals surface area contributed by atoms with Crippen molar-refractivity contribution in [3.63, 3.8) is 0 Å². The van der Waals surface area contributed by atoms with Crippen LogP contribution in [0.1, 0.15) is 16.9 Å². The normalized spacial score (nSPS) is 19.0. The first-order valence-corrected chi connectivity index (χ1v) is 11.5. The van der Waals surface area contributed by atoms with E-state index >= 15 is 0 Å². The molecule has 2 aliphatic rings. The fourth-order valence-corrected chi connectivity index (χ4v) is 5.98. The molecule has 1 atom stereocenters. The molecular weight excluding hydrogens is 410 g/mol. The van der Waals surface area contributed by atoms with Crippen molar-refractivity contribution in [3.05, 3.63) is 41.2 Å². The minimum Gasteiger partial charge on any atom is -0.340 e. The Bertz CT molecular complexity index is 1270. The van der Waals surface area contributed by atoms with Crippen LogP contribution in [0.3, 0.4) is 0 Å². The third-order valence-electron chi connectivity index (χ3n) is 6.33. The van der Waals surface area contributed by atoms with Gasteiger partial charge in [0, 0.05) is 48.0 Å². The summed E-state index contributed by atoms with van der Waals surface area (Å²) in [5.41, 5.74) is 3.28. The Morgan fingerprint density at radius 2 is 2.13 bits per heavy atom. The topological polar surface area (TPSA) is 98.8 Å². The summed E-state index contributed by atoms with van der Waals surface area (Å²) in [5, 5.41) is 16.0. The van der Waals surface area contributed by atoms with Crippen LogP contribution in [0.5, 0.6) is 0 Å². The van der Waals surface area contributed by atoms with Gasteiger partial charge in [0.25, 0.3) is 0 Å². The molecule has 0 bridgehead atoms. The van der Waals surface area contributed by atoms with E-state index in [1.54, 1.807) is 17.7 Å². The van der Waals surface area contributed by atoms with Crippen LogP contribution in [-0.4, -0.2) is 57.2 Å². The van der Waals surface area contributed by atoms with Gasteiger partial charge in [0.2, 0.25) is 5.91 Å². The molecule has 3 aromatic heterocycles. The quantitative estimate of drug-likeness (QED) is 0.460. The number of H-pyrrole nitrogens is 1. The van der Waals surface area contributed by atoms with Gasteiger partial charge in [0.1, 0.15) is 17.0 Å². The minimum atomic E-state index is 0.0755. The van der Waals surface area contributed by atoms with Crippen LogP contribution in [0, 0.1) is 5.92 Å². The molecule has 3 N–H and O–H groups in total. The molecule has 1 aromatic carbocycles. The van der Waals surface area contributed by atoms with E-state index in [4.69, 9.17) is 0 Å². The predicted molar refractivity (Wildman–Crippen MR) is 122 cm³/mol. The van der Waals surface area contributed by atoms with Crippen molar-refractivity contribution in [2.45, 2.75) is 19.3 Å². The number of aromatic amines is 1. The van der Waals surface area contributed by atoms with E-state index in [1.807, 2.05) is 23.2 Å². The first kappa shape index (κ1) is 18.7. The summed E-state index contributed by atoms with van der Waals surface area (Å²) in [5.74, 6) is 1.21. The van der Waals surface area contributed by atoms with Crippen LogP contribution < -0.4 is 10.6 Å². The van der Waals surface area contributed by atoms with Crippen molar-refractivity contribution in [1.82, 2.24) is 30.4 Å². The zero-order chi connectivity index (χ0) is 20.8. The molecule has 4 aromatic rings. The second-order valence-electron chi connectivity index (χ2n) is 8.22. The van der Waals surface area contributed by atoms with Crippen LogP contribution in [0.2, 0.25) is 0 Å². The number of carbonyl (C=O) groups excluding carboxylic acids is 1. The predicted octanol–water partition coefficient (Wildman–Crippen LogP) is 2.85. The molecule has 8 nitrogen and oxygen atoms in total. The second-order valence-corrected chi connectivity index (χ2v) is 9.30. The summed E-state index contributed by atoms with van der Waals surface area (Å²) in [4.78, 5) is 26.4. The largest absolute Gasteiger partial charge is 0.340 e. The summed E-state index contributed by atoms with van der Waals surface area (Å²) in [6, 6.07) is 6.10. The van der Waals surface area contributed by atoms with Gasteiger partial charge in [-0.3, -0.25) is 9.89 Å². The number of benzene rings is 1. The molecule has 31 heavy (non-hydrogen) atoms. The number of nitrogens with zero attached hydrogens (tertiary/aromatic N) is 4. The SMILES string of the molecule is O=C(C1CCc2c(sc3ncnc(Nc4ccc5[nH]ncc5c4)c23)C1)N1CCNCC1. The number of hydrogen-bond acceptors (Lipinski definition) is 7. The Kier molecular flexibility index (Phi) is 4.57. The number of anilines is 2. The summed E-state index contributed by atoms with van der Waals surface area (Å²) in [7, 11) is 0. The van der Waals surface area contributed by atoms with E-state index in [-0.39, 0.29) is 5.92 Å².